The Hall–Kier alpha value is 0.110. The highest BCUT2D eigenvalue weighted by molar-refractivity contribution is 7.99. The lowest BCUT2D eigenvalue weighted by Crippen LogP contribution is -2.12. The molecule has 16 heavy (non-hydrogen) atoms. The van der Waals surface area contributed by atoms with Gasteiger partial charge in [0.1, 0.15) is 0 Å². The zero-order valence-corrected chi connectivity index (χ0v) is 11.9. The Kier molecular flexibility index (Phi) is 6.59. The molecule has 0 heterocycles. The van der Waals surface area contributed by atoms with Crippen molar-refractivity contribution in [3.63, 3.8) is 0 Å². The molecule has 1 nitrogen and oxygen atoms in total. The van der Waals surface area contributed by atoms with Crippen LogP contribution in [0.25, 0.3) is 0 Å². The fourth-order valence-corrected chi connectivity index (χ4v) is 2.86. The van der Waals surface area contributed by atoms with Crippen molar-refractivity contribution in [3.8, 4) is 0 Å². The maximum atomic E-state index is 6.11. The van der Waals surface area contributed by atoms with Gasteiger partial charge in [0.05, 0.1) is 0 Å². The first kappa shape index (κ1) is 14.2. The minimum Gasteiger partial charge on any atom is -0.320 e. The molecule has 0 saturated heterocycles. The second-order valence-corrected chi connectivity index (χ2v) is 6.02. The molecular weight excluding hydrogens is 261 g/mol. The van der Waals surface area contributed by atoms with Crippen molar-refractivity contribution in [2.24, 2.45) is 0 Å². The summed E-state index contributed by atoms with van der Waals surface area (Å²) in [5.41, 5.74) is 1.16. The van der Waals surface area contributed by atoms with Crippen molar-refractivity contribution in [1.29, 1.82) is 0 Å². The predicted octanol–water partition coefficient (Wildman–Crippen LogP) is 4.22. The van der Waals surface area contributed by atoms with Gasteiger partial charge in [-0.2, -0.15) is 11.8 Å². The molecule has 0 bridgehead atoms. The van der Waals surface area contributed by atoms with E-state index in [1.54, 1.807) is 6.07 Å². The van der Waals surface area contributed by atoms with Crippen LogP contribution in [0.3, 0.4) is 0 Å². The zero-order valence-electron chi connectivity index (χ0n) is 9.59. The fraction of sp³-hybridized carbons (Fsp3) is 0.500. The second kappa shape index (κ2) is 7.44. The first-order chi connectivity index (χ1) is 7.63. The molecule has 0 fully saturated rings. The van der Waals surface area contributed by atoms with E-state index in [0.29, 0.717) is 10.3 Å². The van der Waals surface area contributed by atoms with Crippen molar-refractivity contribution in [2.45, 2.75) is 24.3 Å². The molecule has 1 rings (SSSR count). The largest absolute Gasteiger partial charge is 0.320 e. The lowest BCUT2D eigenvalue weighted by molar-refractivity contribution is 0.720. The summed E-state index contributed by atoms with van der Waals surface area (Å²) in [5, 5.41) is 5.26. The number of benzene rings is 1. The zero-order chi connectivity index (χ0) is 12.0. The minimum absolute atomic E-state index is 0.638. The summed E-state index contributed by atoms with van der Waals surface area (Å²) in [5.74, 6) is 0.945. The highest BCUT2D eigenvalue weighted by Gasteiger charge is 2.05. The van der Waals surface area contributed by atoms with E-state index in [1.165, 1.54) is 6.42 Å². The Morgan fingerprint density at radius 2 is 2.12 bits per heavy atom. The molecule has 0 saturated carbocycles. The van der Waals surface area contributed by atoms with Crippen LogP contribution in [0, 0.1) is 0 Å². The van der Waals surface area contributed by atoms with Gasteiger partial charge in [-0.1, -0.05) is 36.2 Å². The van der Waals surface area contributed by atoms with Gasteiger partial charge in [0.15, 0.2) is 0 Å². The molecule has 0 amide bonds. The van der Waals surface area contributed by atoms with E-state index < -0.39 is 0 Å². The van der Waals surface area contributed by atoms with Crippen molar-refractivity contribution in [3.05, 3.63) is 33.8 Å². The third-order valence-electron chi connectivity index (χ3n) is 2.34. The van der Waals surface area contributed by atoms with Crippen LogP contribution >= 0.6 is 35.0 Å². The van der Waals surface area contributed by atoms with Gasteiger partial charge in [-0.15, -0.1) is 0 Å². The van der Waals surface area contributed by atoms with E-state index in [9.17, 15) is 0 Å². The van der Waals surface area contributed by atoms with E-state index in [1.807, 2.05) is 30.9 Å². The number of rotatable bonds is 6. The Morgan fingerprint density at radius 3 is 2.75 bits per heavy atom. The summed E-state index contributed by atoms with van der Waals surface area (Å²) in [6, 6.07) is 5.70. The quantitative estimate of drug-likeness (QED) is 0.836. The molecule has 0 aliphatic heterocycles. The van der Waals surface area contributed by atoms with Gasteiger partial charge >= 0.3 is 0 Å². The van der Waals surface area contributed by atoms with Crippen LogP contribution < -0.4 is 5.32 Å². The van der Waals surface area contributed by atoms with E-state index in [-0.39, 0.29) is 0 Å². The van der Waals surface area contributed by atoms with Gasteiger partial charge in [0.25, 0.3) is 0 Å². The Balaban J connectivity index is 2.42. The van der Waals surface area contributed by atoms with Gasteiger partial charge in [-0.25, -0.2) is 0 Å². The topological polar surface area (TPSA) is 12.0 Å². The molecule has 1 aromatic carbocycles. The molecule has 0 aliphatic carbocycles. The van der Waals surface area contributed by atoms with Gasteiger partial charge in [0.2, 0.25) is 0 Å². The SMILES string of the molecule is CNCCC(C)SCc1ccc(Cl)cc1Cl. The molecule has 0 radical (unpaired) electrons. The minimum atomic E-state index is 0.638. The van der Waals surface area contributed by atoms with Gasteiger partial charge in [0, 0.05) is 21.0 Å². The van der Waals surface area contributed by atoms with Crippen LogP contribution in [0.1, 0.15) is 18.9 Å². The normalized spacial score (nSPS) is 12.8. The number of halogens is 2. The first-order valence-electron chi connectivity index (χ1n) is 5.33. The lowest BCUT2D eigenvalue weighted by Gasteiger charge is -2.11. The van der Waals surface area contributed by atoms with Crippen molar-refractivity contribution in [2.75, 3.05) is 13.6 Å². The van der Waals surface area contributed by atoms with Crippen LogP contribution in [0.5, 0.6) is 0 Å². The molecule has 1 N–H and O–H groups in total. The van der Waals surface area contributed by atoms with E-state index in [0.717, 1.165) is 22.9 Å². The summed E-state index contributed by atoms with van der Waals surface area (Å²) in [6.07, 6.45) is 1.17. The molecular formula is C12H17Cl2NS. The predicted molar refractivity (Wildman–Crippen MR) is 75.8 cm³/mol. The fourth-order valence-electron chi connectivity index (χ4n) is 1.30. The van der Waals surface area contributed by atoms with Crippen LogP contribution in [0.4, 0.5) is 0 Å². The lowest BCUT2D eigenvalue weighted by atomic mass is 10.2. The summed E-state index contributed by atoms with van der Waals surface area (Å²) in [7, 11) is 1.98. The maximum Gasteiger partial charge on any atom is 0.0461 e. The smallest absolute Gasteiger partial charge is 0.0461 e. The second-order valence-electron chi connectivity index (χ2n) is 3.75. The first-order valence-corrected chi connectivity index (χ1v) is 7.14. The highest BCUT2D eigenvalue weighted by atomic mass is 35.5. The standard InChI is InChI=1S/C12H17Cl2NS/c1-9(5-6-15-2)16-8-10-3-4-11(13)7-12(10)14/h3-4,7,9,15H,5-6,8H2,1-2H3. The average Bonchev–Trinajstić information content (AvgIpc) is 2.25. The van der Waals surface area contributed by atoms with Crippen LogP contribution in [-0.2, 0) is 5.75 Å². The van der Waals surface area contributed by atoms with E-state index in [2.05, 4.69) is 12.2 Å². The van der Waals surface area contributed by atoms with Gasteiger partial charge in [-0.3, -0.25) is 0 Å². The monoisotopic (exact) mass is 277 g/mol. The molecule has 1 aromatic rings. The Morgan fingerprint density at radius 1 is 1.38 bits per heavy atom. The number of hydrogen-bond acceptors (Lipinski definition) is 2. The maximum absolute atomic E-state index is 6.11. The third-order valence-corrected chi connectivity index (χ3v) is 4.21. The average molecular weight is 278 g/mol. The third kappa shape index (κ3) is 4.96. The van der Waals surface area contributed by atoms with E-state index >= 15 is 0 Å². The Labute approximate surface area is 112 Å². The van der Waals surface area contributed by atoms with Crippen molar-refractivity contribution >= 4 is 35.0 Å². The van der Waals surface area contributed by atoms with Gasteiger partial charge in [-0.05, 0) is 37.7 Å². The summed E-state index contributed by atoms with van der Waals surface area (Å²) < 4.78 is 0. The van der Waals surface area contributed by atoms with Crippen LogP contribution in [-0.4, -0.2) is 18.8 Å². The number of thioether (sulfide) groups is 1. The molecule has 0 aromatic heterocycles. The van der Waals surface area contributed by atoms with Crippen molar-refractivity contribution < 1.29 is 0 Å². The summed E-state index contributed by atoms with van der Waals surface area (Å²) >= 11 is 13.9. The molecule has 1 atom stereocenters. The number of nitrogens with one attached hydrogen (secondary N) is 1. The van der Waals surface area contributed by atoms with Crippen LogP contribution in [0.2, 0.25) is 10.0 Å². The van der Waals surface area contributed by atoms with Gasteiger partial charge < -0.3 is 5.32 Å². The summed E-state index contributed by atoms with van der Waals surface area (Å²) in [6.45, 7) is 3.30. The molecule has 0 spiro atoms. The summed E-state index contributed by atoms with van der Waals surface area (Å²) in [4.78, 5) is 0. The molecule has 90 valence electrons. The van der Waals surface area contributed by atoms with E-state index in [4.69, 9.17) is 23.2 Å². The Bertz CT molecular complexity index is 331. The van der Waals surface area contributed by atoms with Crippen molar-refractivity contribution in [1.82, 2.24) is 5.32 Å². The molecule has 1 unspecified atom stereocenters. The number of hydrogen-bond donors (Lipinski definition) is 1. The molecule has 0 aliphatic rings. The highest BCUT2D eigenvalue weighted by Crippen LogP contribution is 2.27. The molecule has 4 heteroatoms. The van der Waals surface area contributed by atoms with Crippen LogP contribution in [0.15, 0.2) is 18.2 Å².